The third-order valence-electron chi connectivity index (χ3n) is 6.20. The van der Waals surface area contributed by atoms with E-state index in [1.807, 2.05) is 6.07 Å². The SMILES string of the molecule is CCC(=O)N1CCc2cc(S(=O)(=O)NC(Cc3ccccc3)C(=O)Nc3ccc(C)c(F)c3)ccc21. The standard InChI is InChI=1S/C27H28FN3O4S/c1-3-26(32)31-14-13-20-16-22(11-12-25(20)31)36(34,35)30-24(15-19-7-5-4-6-8-19)27(33)29-21-10-9-18(2)23(28)17-21/h4-12,16-17,24,30H,3,13-15H2,1-2H3,(H,29,33). The minimum absolute atomic E-state index is 0.0132. The minimum Gasteiger partial charge on any atom is -0.325 e. The molecule has 1 atom stereocenters. The number of anilines is 2. The Hall–Kier alpha value is -3.56. The summed E-state index contributed by atoms with van der Waals surface area (Å²) in [6.07, 6.45) is 1.02. The summed E-state index contributed by atoms with van der Waals surface area (Å²) in [7, 11) is -4.08. The maximum Gasteiger partial charge on any atom is 0.242 e. The van der Waals surface area contributed by atoms with Crippen molar-refractivity contribution in [1.82, 2.24) is 4.72 Å². The van der Waals surface area contributed by atoms with E-state index in [1.165, 1.54) is 12.1 Å². The molecule has 0 radical (unpaired) electrons. The van der Waals surface area contributed by atoms with E-state index in [1.54, 1.807) is 67.3 Å². The molecule has 3 aromatic rings. The van der Waals surface area contributed by atoms with Gasteiger partial charge in [0.25, 0.3) is 0 Å². The number of fused-ring (bicyclic) bond motifs is 1. The van der Waals surface area contributed by atoms with Crippen molar-refractivity contribution < 1.29 is 22.4 Å². The van der Waals surface area contributed by atoms with E-state index in [0.29, 0.717) is 30.6 Å². The minimum atomic E-state index is -4.08. The van der Waals surface area contributed by atoms with Crippen LogP contribution in [0.1, 0.15) is 30.0 Å². The number of hydrogen-bond donors (Lipinski definition) is 2. The molecule has 0 bridgehead atoms. The molecule has 7 nitrogen and oxygen atoms in total. The number of rotatable bonds is 8. The van der Waals surface area contributed by atoms with Crippen LogP contribution in [0.2, 0.25) is 0 Å². The van der Waals surface area contributed by atoms with Gasteiger partial charge in [-0.1, -0.05) is 43.3 Å². The molecular weight excluding hydrogens is 481 g/mol. The molecule has 0 fully saturated rings. The van der Waals surface area contributed by atoms with E-state index in [9.17, 15) is 22.4 Å². The smallest absolute Gasteiger partial charge is 0.242 e. The lowest BCUT2D eigenvalue weighted by molar-refractivity contribution is -0.118. The Morgan fingerprint density at radius 2 is 1.81 bits per heavy atom. The van der Waals surface area contributed by atoms with Crippen molar-refractivity contribution in [2.45, 2.75) is 44.0 Å². The fourth-order valence-corrected chi connectivity index (χ4v) is 5.43. The lowest BCUT2D eigenvalue weighted by Crippen LogP contribution is -2.45. The van der Waals surface area contributed by atoms with E-state index >= 15 is 0 Å². The predicted octanol–water partition coefficient (Wildman–Crippen LogP) is 3.96. The molecule has 1 heterocycles. The van der Waals surface area contributed by atoms with Gasteiger partial charge in [-0.3, -0.25) is 9.59 Å². The second-order valence-electron chi connectivity index (χ2n) is 8.76. The third-order valence-corrected chi connectivity index (χ3v) is 7.67. The van der Waals surface area contributed by atoms with Gasteiger partial charge in [0, 0.05) is 24.3 Å². The zero-order valence-electron chi connectivity index (χ0n) is 20.1. The monoisotopic (exact) mass is 509 g/mol. The molecule has 0 spiro atoms. The second-order valence-corrected chi connectivity index (χ2v) is 10.5. The van der Waals surface area contributed by atoms with Crippen LogP contribution in [0.3, 0.4) is 0 Å². The number of carbonyl (C=O) groups excluding carboxylic acids is 2. The maximum absolute atomic E-state index is 14.0. The van der Waals surface area contributed by atoms with Crippen molar-refractivity contribution in [3.63, 3.8) is 0 Å². The highest BCUT2D eigenvalue weighted by molar-refractivity contribution is 7.89. The zero-order valence-corrected chi connectivity index (χ0v) is 20.9. The van der Waals surface area contributed by atoms with Gasteiger partial charge < -0.3 is 10.2 Å². The summed E-state index contributed by atoms with van der Waals surface area (Å²) >= 11 is 0. The predicted molar refractivity (Wildman–Crippen MR) is 137 cm³/mol. The number of nitrogens with zero attached hydrogens (tertiary/aromatic N) is 1. The number of amides is 2. The van der Waals surface area contributed by atoms with Crippen LogP contribution in [0.4, 0.5) is 15.8 Å². The van der Waals surface area contributed by atoms with Crippen LogP contribution in [-0.4, -0.2) is 32.8 Å². The molecule has 0 saturated carbocycles. The van der Waals surface area contributed by atoms with Gasteiger partial charge in [0.05, 0.1) is 4.90 Å². The van der Waals surface area contributed by atoms with Crippen LogP contribution in [0.25, 0.3) is 0 Å². The molecule has 4 rings (SSSR count). The van der Waals surface area contributed by atoms with Crippen LogP contribution in [0.5, 0.6) is 0 Å². The van der Waals surface area contributed by atoms with Crippen LogP contribution in [0, 0.1) is 12.7 Å². The highest BCUT2D eigenvalue weighted by atomic mass is 32.2. The first kappa shape index (κ1) is 25.5. The number of carbonyl (C=O) groups is 2. The van der Waals surface area contributed by atoms with Crippen molar-refractivity contribution in [2.24, 2.45) is 0 Å². The van der Waals surface area contributed by atoms with Crippen LogP contribution >= 0.6 is 0 Å². The summed E-state index contributed by atoms with van der Waals surface area (Å²) in [5.74, 6) is -1.09. The molecule has 1 aliphatic heterocycles. The number of benzene rings is 3. The average molecular weight is 510 g/mol. The highest BCUT2D eigenvalue weighted by Gasteiger charge is 2.29. The number of nitrogens with one attached hydrogen (secondary N) is 2. The first-order valence-corrected chi connectivity index (χ1v) is 13.2. The van der Waals surface area contributed by atoms with Crippen LogP contribution in [-0.2, 0) is 32.5 Å². The molecule has 0 saturated heterocycles. The van der Waals surface area contributed by atoms with Gasteiger partial charge in [0.2, 0.25) is 21.8 Å². The molecule has 9 heteroatoms. The number of aryl methyl sites for hydroxylation is 1. The summed E-state index contributed by atoms with van der Waals surface area (Å²) in [5, 5.41) is 2.62. The summed E-state index contributed by atoms with van der Waals surface area (Å²) < 4.78 is 43.2. The summed E-state index contributed by atoms with van der Waals surface area (Å²) in [5.41, 5.74) is 2.90. The molecule has 188 valence electrons. The second kappa shape index (κ2) is 10.6. The highest BCUT2D eigenvalue weighted by Crippen LogP contribution is 2.30. The summed E-state index contributed by atoms with van der Waals surface area (Å²) in [6.45, 7) is 3.90. The quantitative estimate of drug-likeness (QED) is 0.481. The Morgan fingerprint density at radius 1 is 1.06 bits per heavy atom. The molecule has 2 amide bonds. The fraction of sp³-hybridized carbons (Fsp3) is 0.259. The fourth-order valence-electron chi connectivity index (χ4n) is 4.19. The maximum atomic E-state index is 14.0. The summed E-state index contributed by atoms with van der Waals surface area (Å²) in [4.78, 5) is 27.0. The molecule has 0 aromatic heterocycles. The third kappa shape index (κ3) is 5.63. The number of hydrogen-bond acceptors (Lipinski definition) is 4. The Bertz CT molecular complexity index is 1390. The van der Waals surface area contributed by atoms with Crippen LogP contribution < -0.4 is 14.9 Å². The van der Waals surface area contributed by atoms with E-state index in [4.69, 9.17) is 0 Å². The molecular formula is C27H28FN3O4S. The number of sulfonamides is 1. The summed E-state index contributed by atoms with van der Waals surface area (Å²) in [6, 6.07) is 16.8. The van der Waals surface area contributed by atoms with E-state index < -0.39 is 27.8 Å². The Balaban J connectivity index is 1.59. The van der Waals surface area contributed by atoms with Gasteiger partial charge in [-0.05, 0) is 66.8 Å². The van der Waals surface area contributed by atoms with Gasteiger partial charge in [-0.25, -0.2) is 12.8 Å². The van der Waals surface area contributed by atoms with E-state index in [0.717, 1.165) is 11.1 Å². The first-order chi connectivity index (χ1) is 17.2. The topological polar surface area (TPSA) is 95.6 Å². The normalized spacial score (nSPS) is 13.8. The largest absolute Gasteiger partial charge is 0.325 e. The molecule has 0 aliphatic carbocycles. The van der Waals surface area contributed by atoms with Gasteiger partial charge >= 0.3 is 0 Å². The van der Waals surface area contributed by atoms with Crippen molar-refractivity contribution >= 4 is 33.2 Å². The van der Waals surface area contributed by atoms with Crippen molar-refractivity contribution in [3.05, 3.63) is 89.2 Å². The molecule has 1 aliphatic rings. The van der Waals surface area contributed by atoms with Crippen molar-refractivity contribution in [1.29, 1.82) is 0 Å². The molecule has 36 heavy (non-hydrogen) atoms. The van der Waals surface area contributed by atoms with Crippen LogP contribution in [0.15, 0.2) is 71.6 Å². The Labute approximate surface area is 210 Å². The van der Waals surface area contributed by atoms with Crippen molar-refractivity contribution in [3.8, 4) is 0 Å². The van der Waals surface area contributed by atoms with E-state index in [-0.39, 0.29) is 22.9 Å². The van der Waals surface area contributed by atoms with Gasteiger partial charge in [-0.15, -0.1) is 0 Å². The Kier molecular flexibility index (Phi) is 7.51. The van der Waals surface area contributed by atoms with Gasteiger partial charge in [0.1, 0.15) is 11.9 Å². The molecule has 3 aromatic carbocycles. The lowest BCUT2D eigenvalue weighted by Gasteiger charge is -2.20. The Morgan fingerprint density at radius 3 is 2.50 bits per heavy atom. The molecule has 1 unspecified atom stereocenters. The first-order valence-electron chi connectivity index (χ1n) is 11.7. The van der Waals surface area contributed by atoms with Crippen molar-refractivity contribution in [2.75, 3.05) is 16.8 Å². The zero-order chi connectivity index (χ0) is 25.9. The van der Waals surface area contributed by atoms with Gasteiger partial charge in [-0.2, -0.15) is 4.72 Å². The van der Waals surface area contributed by atoms with E-state index in [2.05, 4.69) is 10.0 Å². The lowest BCUT2D eigenvalue weighted by atomic mass is 10.1. The molecule has 2 N–H and O–H groups in total. The number of halogens is 1. The average Bonchev–Trinajstić information content (AvgIpc) is 3.29. The van der Waals surface area contributed by atoms with Gasteiger partial charge in [0.15, 0.2) is 0 Å².